The molecule has 1 aliphatic heterocycles. The molecule has 2 rings (SSSR count). The number of nitrogens with two attached hydrogens (primary N) is 1. The second-order valence-corrected chi connectivity index (χ2v) is 8.03. The van der Waals surface area contributed by atoms with Gasteiger partial charge in [0.1, 0.15) is 0 Å². The van der Waals surface area contributed by atoms with Gasteiger partial charge >= 0.3 is 0 Å². The van der Waals surface area contributed by atoms with Gasteiger partial charge in [0.05, 0.1) is 0 Å². The monoisotopic (exact) mass is 280 g/mol. The third kappa shape index (κ3) is 3.59. The molecule has 0 bridgehead atoms. The number of hydrogen-bond donors (Lipinski definition) is 1. The second kappa shape index (κ2) is 5.94. The van der Waals surface area contributed by atoms with Crippen LogP contribution in [0.4, 0.5) is 0 Å². The summed E-state index contributed by atoms with van der Waals surface area (Å²) in [5.41, 5.74) is 6.21. The zero-order valence-corrected chi connectivity index (χ0v) is 13.6. The highest BCUT2D eigenvalue weighted by Crippen LogP contribution is 2.32. The van der Waals surface area contributed by atoms with Crippen LogP contribution in [-0.2, 0) is 12.0 Å². The molecule has 2 unspecified atom stereocenters. The summed E-state index contributed by atoms with van der Waals surface area (Å²) in [5, 5.41) is 0. The van der Waals surface area contributed by atoms with Crippen molar-refractivity contribution in [3.05, 3.63) is 21.9 Å². The summed E-state index contributed by atoms with van der Waals surface area (Å²) < 4.78 is 0. The van der Waals surface area contributed by atoms with Crippen LogP contribution in [0.2, 0.25) is 0 Å². The molecule has 3 heteroatoms. The summed E-state index contributed by atoms with van der Waals surface area (Å²) in [7, 11) is 0. The summed E-state index contributed by atoms with van der Waals surface area (Å²) in [5.74, 6) is 0. The lowest BCUT2D eigenvalue weighted by Crippen LogP contribution is -2.48. The van der Waals surface area contributed by atoms with Crippen LogP contribution >= 0.6 is 11.3 Å². The first-order valence-corrected chi connectivity index (χ1v) is 8.28. The molecule has 0 spiro atoms. The van der Waals surface area contributed by atoms with Crippen LogP contribution in [0.3, 0.4) is 0 Å². The van der Waals surface area contributed by atoms with Crippen molar-refractivity contribution in [2.75, 3.05) is 6.54 Å². The van der Waals surface area contributed by atoms with Crippen molar-refractivity contribution >= 4 is 11.3 Å². The Morgan fingerprint density at radius 1 is 1.32 bits per heavy atom. The average molecular weight is 280 g/mol. The smallest absolute Gasteiger partial charge is 0.0334 e. The third-order valence-electron chi connectivity index (χ3n) is 4.21. The van der Waals surface area contributed by atoms with Gasteiger partial charge in [-0.3, -0.25) is 4.90 Å². The van der Waals surface area contributed by atoms with Crippen LogP contribution in [0.25, 0.3) is 0 Å². The van der Waals surface area contributed by atoms with Gasteiger partial charge in [0, 0.05) is 34.9 Å². The summed E-state index contributed by atoms with van der Waals surface area (Å²) in [6, 6.07) is 5.85. The number of hydrogen-bond acceptors (Lipinski definition) is 3. The Bertz CT molecular complexity index is 405. The number of rotatable bonds is 3. The van der Waals surface area contributed by atoms with E-state index in [1.807, 2.05) is 11.3 Å². The van der Waals surface area contributed by atoms with Gasteiger partial charge in [0.25, 0.3) is 0 Å². The maximum absolute atomic E-state index is 5.95. The van der Waals surface area contributed by atoms with Gasteiger partial charge in [0.15, 0.2) is 0 Å². The van der Waals surface area contributed by atoms with Gasteiger partial charge in [-0.2, -0.15) is 0 Å². The first kappa shape index (κ1) is 15.0. The van der Waals surface area contributed by atoms with E-state index in [1.165, 1.54) is 29.0 Å². The molecule has 1 saturated heterocycles. The third-order valence-corrected chi connectivity index (χ3v) is 5.70. The van der Waals surface area contributed by atoms with Crippen LogP contribution in [-0.4, -0.2) is 23.5 Å². The molecule has 0 saturated carbocycles. The first-order chi connectivity index (χ1) is 8.91. The Balaban J connectivity index is 2.08. The van der Waals surface area contributed by atoms with Gasteiger partial charge in [-0.15, -0.1) is 11.3 Å². The Morgan fingerprint density at radius 2 is 2.05 bits per heavy atom. The molecular weight excluding hydrogens is 252 g/mol. The largest absolute Gasteiger partial charge is 0.329 e. The minimum Gasteiger partial charge on any atom is -0.329 e. The highest BCUT2D eigenvalue weighted by atomic mass is 32.1. The summed E-state index contributed by atoms with van der Waals surface area (Å²) in [6.45, 7) is 11.1. The molecule has 1 aliphatic rings. The maximum atomic E-state index is 5.95. The molecule has 2 atom stereocenters. The van der Waals surface area contributed by atoms with Crippen LogP contribution in [0.5, 0.6) is 0 Å². The summed E-state index contributed by atoms with van der Waals surface area (Å²) in [6.07, 6.45) is 3.91. The number of nitrogens with zero attached hydrogens (tertiary/aromatic N) is 1. The standard InChI is InChI=1S/C16H28N2S/c1-12-6-5-7-13(10-17)18(12)11-14-8-9-15(19-14)16(2,3)4/h8-9,12-13H,5-7,10-11,17H2,1-4H3. The highest BCUT2D eigenvalue weighted by Gasteiger charge is 2.27. The predicted molar refractivity (Wildman–Crippen MR) is 84.7 cm³/mol. The topological polar surface area (TPSA) is 29.3 Å². The molecular formula is C16H28N2S. The zero-order valence-electron chi connectivity index (χ0n) is 12.8. The normalized spacial score (nSPS) is 25.7. The molecule has 0 radical (unpaired) electrons. The van der Waals surface area contributed by atoms with Crippen molar-refractivity contribution in [1.82, 2.24) is 4.90 Å². The van der Waals surface area contributed by atoms with Gasteiger partial charge in [-0.05, 0) is 37.3 Å². The lowest BCUT2D eigenvalue weighted by atomic mass is 9.95. The fourth-order valence-electron chi connectivity index (χ4n) is 2.92. The van der Waals surface area contributed by atoms with Crippen LogP contribution in [0, 0.1) is 0 Å². The van der Waals surface area contributed by atoms with Crippen LogP contribution in [0.15, 0.2) is 12.1 Å². The van der Waals surface area contributed by atoms with Crippen molar-refractivity contribution in [2.24, 2.45) is 5.73 Å². The van der Waals surface area contributed by atoms with Gasteiger partial charge in [0.2, 0.25) is 0 Å². The number of thiophene rings is 1. The average Bonchev–Trinajstić information content (AvgIpc) is 2.80. The van der Waals surface area contributed by atoms with E-state index < -0.39 is 0 Å². The van der Waals surface area contributed by atoms with Gasteiger partial charge in [-0.25, -0.2) is 0 Å². The minimum absolute atomic E-state index is 0.268. The molecule has 2 nitrogen and oxygen atoms in total. The molecule has 2 heterocycles. The summed E-state index contributed by atoms with van der Waals surface area (Å²) in [4.78, 5) is 5.58. The molecule has 0 aromatic carbocycles. The molecule has 1 aromatic heterocycles. The van der Waals surface area contributed by atoms with Crippen molar-refractivity contribution in [3.63, 3.8) is 0 Å². The van der Waals surface area contributed by atoms with E-state index in [1.54, 1.807) is 0 Å². The Kier molecular flexibility index (Phi) is 4.70. The van der Waals surface area contributed by atoms with Crippen molar-refractivity contribution < 1.29 is 0 Å². The number of piperidine rings is 1. The first-order valence-electron chi connectivity index (χ1n) is 7.47. The van der Waals surface area contributed by atoms with Crippen molar-refractivity contribution in [3.8, 4) is 0 Å². The van der Waals surface area contributed by atoms with Crippen LogP contribution < -0.4 is 5.73 Å². The minimum atomic E-state index is 0.268. The Labute approximate surface area is 122 Å². The SMILES string of the molecule is CC1CCCC(CN)N1Cc1ccc(C(C)(C)C)s1. The van der Waals surface area contributed by atoms with Crippen molar-refractivity contribution in [1.29, 1.82) is 0 Å². The van der Waals surface area contributed by atoms with E-state index >= 15 is 0 Å². The highest BCUT2D eigenvalue weighted by molar-refractivity contribution is 7.12. The zero-order chi connectivity index (χ0) is 14.0. The Hall–Kier alpha value is -0.380. The molecule has 1 aromatic rings. The molecule has 108 valence electrons. The lowest BCUT2D eigenvalue weighted by molar-refractivity contribution is 0.0904. The second-order valence-electron chi connectivity index (χ2n) is 6.86. The van der Waals surface area contributed by atoms with E-state index in [4.69, 9.17) is 5.73 Å². The summed E-state index contributed by atoms with van der Waals surface area (Å²) >= 11 is 1.97. The fraction of sp³-hybridized carbons (Fsp3) is 0.750. The van der Waals surface area contributed by atoms with Crippen LogP contribution in [0.1, 0.15) is 56.7 Å². The molecule has 1 fully saturated rings. The van der Waals surface area contributed by atoms with Crippen molar-refractivity contribution in [2.45, 2.75) is 71.0 Å². The van der Waals surface area contributed by atoms with E-state index in [9.17, 15) is 0 Å². The molecule has 0 aliphatic carbocycles. The van der Waals surface area contributed by atoms with E-state index in [0.717, 1.165) is 13.1 Å². The Morgan fingerprint density at radius 3 is 2.63 bits per heavy atom. The molecule has 2 N–H and O–H groups in total. The predicted octanol–water partition coefficient (Wildman–Crippen LogP) is 3.75. The van der Waals surface area contributed by atoms with E-state index in [-0.39, 0.29) is 5.41 Å². The number of likely N-dealkylation sites (tertiary alicyclic amines) is 1. The lowest BCUT2D eigenvalue weighted by Gasteiger charge is -2.40. The molecule has 19 heavy (non-hydrogen) atoms. The van der Waals surface area contributed by atoms with Gasteiger partial charge in [-0.1, -0.05) is 27.2 Å². The van der Waals surface area contributed by atoms with Gasteiger partial charge < -0.3 is 5.73 Å². The fourth-order valence-corrected chi connectivity index (χ4v) is 4.00. The quantitative estimate of drug-likeness (QED) is 0.913. The van der Waals surface area contributed by atoms with E-state index in [2.05, 4.69) is 44.7 Å². The maximum Gasteiger partial charge on any atom is 0.0334 e. The molecule has 0 amide bonds. The van der Waals surface area contributed by atoms with E-state index in [0.29, 0.717) is 12.1 Å².